The fourth-order valence-corrected chi connectivity index (χ4v) is 2.43. The van der Waals surface area contributed by atoms with E-state index in [4.69, 9.17) is 0 Å². The molecule has 0 aliphatic carbocycles. The van der Waals surface area contributed by atoms with Crippen LogP contribution in [0.25, 0.3) is 0 Å². The van der Waals surface area contributed by atoms with Crippen molar-refractivity contribution in [3.8, 4) is 0 Å². The van der Waals surface area contributed by atoms with Crippen LogP contribution in [0.15, 0.2) is 48.5 Å². The first kappa shape index (κ1) is 18.3. The molecule has 7 heteroatoms. The van der Waals surface area contributed by atoms with E-state index in [1.165, 1.54) is 24.3 Å². The number of alkyl halides is 6. The summed E-state index contributed by atoms with van der Waals surface area (Å²) in [4.78, 5) is 0. The maximum absolute atomic E-state index is 12.8. The molecule has 2 aromatic rings. The van der Waals surface area contributed by atoms with E-state index in [0.29, 0.717) is 11.1 Å². The van der Waals surface area contributed by atoms with Crippen molar-refractivity contribution >= 4 is 0 Å². The maximum atomic E-state index is 12.8. The second kappa shape index (κ2) is 6.84. The number of rotatable bonds is 4. The Morgan fingerprint density at radius 1 is 0.833 bits per heavy atom. The van der Waals surface area contributed by atoms with Gasteiger partial charge in [-0.1, -0.05) is 30.3 Å². The molecule has 0 aromatic heterocycles. The van der Waals surface area contributed by atoms with Gasteiger partial charge < -0.3 is 5.32 Å². The lowest BCUT2D eigenvalue weighted by molar-refractivity contribution is -0.138. The fourth-order valence-electron chi connectivity index (χ4n) is 2.43. The van der Waals surface area contributed by atoms with Crippen molar-refractivity contribution in [2.45, 2.75) is 24.8 Å². The van der Waals surface area contributed by atoms with Gasteiger partial charge in [0.05, 0.1) is 11.1 Å². The first-order chi connectivity index (χ1) is 11.1. The van der Waals surface area contributed by atoms with Gasteiger partial charge in [-0.25, -0.2) is 0 Å². The molecule has 0 aliphatic heterocycles. The lowest BCUT2D eigenvalue weighted by Gasteiger charge is -2.19. The molecule has 0 spiro atoms. The minimum Gasteiger partial charge on any atom is -0.313 e. The largest absolute Gasteiger partial charge is 0.416 e. The molecule has 0 aliphatic rings. The molecule has 1 atom stereocenters. The standard InChI is InChI=1S/C17H15F6N/c1-24-15(12-5-3-7-14(10-12)17(21,22)23)9-11-4-2-6-13(8-11)16(18,19)20/h2-8,10,15,24H,9H2,1H3. The highest BCUT2D eigenvalue weighted by Crippen LogP contribution is 2.32. The summed E-state index contributed by atoms with van der Waals surface area (Å²) in [7, 11) is 1.55. The van der Waals surface area contributed by atoms with Crippen molar-refractivity contribution in [2.24, 2.45) is 0 Å². The molecule has 24 heavy (non-hydrogen) atoms. The van der Waals surface area contributed by atoms with E-state index >= 15 is 0 Å². The number of halogens is 6. The Bertz CT molecular complexity index is 690. The van der Waals surface area contributed by atoms with Gasteiger partial charge in [-0.2, -0.15) is 26.3 Å². The molecule has 0 radical (unpaired) electrons. The summed E-state index contributed by atoms with van der Waals surface area (Å²) in [6.07, 6.45) is -8.78. The van der Waals surface area contributed by atoms with Gasteiger partial charge in [-0.15, -0.1) is 0 Å². The summed E-state index contributed by atoms with van der Waals surface area (Å²) in [6, 6.07) is 9.02. The quantitative estimate of drug-likeness (QED) is 0.747. The Kier molecular flexibility index (Phi) is 5.22. The summed E-state index contributed by atoms with van der Waals surface area (Å²) < 4.78 is 76.7. The number of hydrogen-bond donors (Lipinski definition) is 1. The zero-order valence-corrected chi connectivity index (χ0v) is 12.7. The van der Waals surface area contributed by atoms with Crippen LogP contribution in [0.2, 0.25) is 0 Å². The van der Waals surface area contributed by atoms with Crippen molar-refractivity contribution in [2.75, 3.05) is 7.05 Å². The Morgan fingerprint density at radius 2 is 1.38 bits per heavy atom. The van der Waals surface area contributed by atoms with Crippen molar-refractivity contribution in [3.05, 3.63) is 70.8 Å². The van der Waals surface area contributed by atoms with Gasteiger partial charge >= 0.3 is 12.4 Å². The average molecular weight is 347 g/mol. The van der Waals surface area contributed by atoms with Gasteiger partial charge in [0, 0.05) is 6.04 Å². The molecule has 130 valence electrons. The predicted octanol–water partition coefficient (Wildman–Crippen LogP) is 5.23. The molecule has 1 N–H and O–H groups in total. The summed E-state index contributed by atoms with van der Waals surface area (Å²) in [5, 5.41) is 2.86. The first-order valence-electron chi connectivity index (χ1n) is 7.12. The zero-order chi connectivity index (χ0) is 18.0. The van der Waals surface area contributed by atoms with E-state index in [1.54, 1.807) is 7.05 Å². The van der Waals surface area contributed by atoms with E-state index in [0.717, 1.165) is 24.3 Å². The molecule has 0 fully saturated rings. The van der Waals surface area contributed by atoms with Crippen molar-refractivity contribution in [3.63, 3.8) is 0 Å². The Morgan fingerprint density at radius 3 is 1.92 bits per heavy atom. The van der Waals surface area contributed by atoms with Gasteiger partial charge in [0.2, 0.25) is 0 Å². The van der Waals surface area contributed by atoms with Crippen molar-refractivity contribution in [1.29, 1.82) is 0 Å². The Balaban J connectivity index is 2.28. The Labute approximate surface area is 135 Å². The molecule has 0 amide bonds. The topological polar surface area (TPSA) is 12.0 Å². The molecule has 0 bridgehead atoms. The summed E-state index contributed by atoms with van der Waals surface area (Å²) >= 11 is 0. The second-order valence-electron chi connectivity index (χ2n) is 5.37. The normalized spacial score (nSPS) is 13.8. The van der Waals surface area contributed by atoms with Crippen LogP contribution in [0.1, 0.15) is 28.3 Å². The second-order valence-corrected chi connectivity index (χ2v) is 5.37. The van der Waals surface area contributed by atoms with Gasteiger partial charge in [0.1, 0.15) is 0 Å². The predicted molar refractivity (Wildman–Crippen MR) is 78.4 cm³/mol. The van der Waals surface area contributed by atoms with Crippen LogP contribution in [0.5, 0.6) is 0 Å². The Hall–Kier alpha value is -2.02. The molecule has 0 saturated carbocycles. The SMILES string of the molecule is CNC(Cc1cccc(C(F)(F)F)c1)c1cccc(C(F)(F)F)c1. The van der Waals surface area contributed by atoms with E-state index in [2.05, 4.69) is 5.32 Å². The molecule has 2 rings (SSSR count). The maximum Gasteiger partial charge on any atom is 0.416 e. The molecule has 2 aromatic carbocycles. The van der Waals surface area contributed by atoms with Crippen LogP contribution in [-0.2, 0) is 18.8 Å². The monoisotopic (exact) mass is 347 g/mol. The highest BCUT2D eigenvalue weighted by atomic mass is 19.4. The minimum atomic E-state index is -4.47. The summed E-state index contributed by atoms with van der Waals surface area (Å²) in [6.45, 7) is 0. The van der Waals surface area contributed by atoms with E-state index in [1.807, 2.05) is 0 Å². The molecule has 0 heterocycles. The molecule has 1 nitrogen and oxygen atoms in total. The highest BCUT2D eigenvalue weighted by Gasteiger charge is 2.32. The van der Waals surface area contributed by atoms with Gasteiger partial charge in [-0.05, 0) is 42.8 Å². The van der Waals surface area contributed by atoms with Crippen molar-refractivity contribution in [1.82, 2.24) is 5.32 Å². The molecular formula is C17H15F6N. The van der Waals surface area contributed by atoms with Crippen molar-refractivity contribution < 1.29 is 26.3 Å². The molecule has 0 saturated heterocycles. The summed E-state index contributed by atoms with van der Waals surface area (Å²) in [5.41, 5.74) is -0.811. The van der Waals surface area contributed by atoms with Crippen LogP contribution < -0.4 is 5.32 Å². The van der Waals surface area contributed by atoms with E-state index < -0.39 is 29.5 Å². The van der Waals surface area contributed by atoms with Crippen LogP contribution in [-0.4, -0.2) is 7.05 Å². The number of likely N-dealkylation sites (N-methyl/N-ethyl adjacent to an activating group) is 1. The minimum absolute atomic E-state index is 0.141. The third kappa shape index (κ3) is 4.50. The van der Waals surface area contributed by atoms with Crippen LogP contribution >= 0.6 is 0 Å². The number of nitrogens with one attached hydrogen (secondary N) is 1. The number of benzene rings is 2. The number of hydrogen-bond acceptors (Lipinski definition) is 1. The van der Waals surface area contributed by atoms with Gasteiger partial charge in [0.25, 0.3) is 0 Å². The van der Waals surface area contributed by atoms with Crippen LogP contribution in [0, 0.1) is 0 Å². The zero-order valence-electron chi connectivity index (χ0n) is 12.7. The van der Waals surface area contributed by atoms with Gasteiger partial charge in [0.15, 0.2) is 0 Å². The fraction of sp³-hybridized carbons (Fsp3) is 0.294. The third-order valence-electron chi connectivity index (χ3n) is 3.66. The van der Waals surface area contributed by atoms with Crippen LogP contribution in [0.3, 0.4) is 0 Å². The van der Waals surface area contributed by atoms with E-state index in [9.17, 15) is 26.3 Å². The smallest absolute Gasteiger partial charge is 0.313 e. The van der Waals surface area contributed by atoms with E-state index in [-0.39, 0.29) is 6.42 Å². The average Bonchev–Trinajstić information content (AvgIpc) is 2.51. The summed E-state index contributed by atoms with van der Waals surface area (Å²) in [5.74, 6) is 0. The highest BCUT2D eigenvalue weighted by molar-refractivity contribution is 5.31. The van der Waals surface area contributed by atoms with Gasteiger partial charge in [-0.3, -0.25) is 0 Å². The lowest BCUT2D eigenvalue weighted by atomic mass is 9.96. The first-order valence-corrected chi connectivity index (χ1v) is 7.12. The lowest BCUT2D eigenvalue weighted by Crippen LogP contribution is -2.20. The van der Waals surface area contributed by atoms with Crippen LogP contribution in [0.4, 0.5) is 26.3 Å². The molecular weight excluding hydrogens is 332 g/mol. The third-order valence-corrected chi connectivity index (χ3v) is 3.66. The molecule has 1 unspecified atom stereocenters.